The number of H-pyrrole nitrogens is 1. The molecule has 0 aliphatic rings. The van der Waals surface area contributed by atoms with Crippen molar-refractivity contribution >= 4 is 5.91 Å². The van der Waals surface area contributed by atoms with E-state index in [1.165, 1.54) is 6.07 Å². The molecule has 5 heteroatoms. The Morgan fingerprint density at radius 2 is 2.21 bits per heavy atom. The number of rotatable bonds is 4. The fraction of sp³-hybridized carbons (Fsp3) is 0.214. The smallest absolute Gasteiger partial charge is 0.268 e. The highest BCUT2D eigenvalue weighted by molar-refractivity contribution is 5.92. The van der Waals surface area contributed by atoms with E-state index in [0.29, 0.717) is 6.42 Å². The molecule has 0 bridgehead atoms. The van der Waals surface area contributed by atoms with E-state index in [4.69, 9.17) is 0 Å². The number of carbonyl (C=O) groups excluding carboxylic acids is 1. The Hall–Kier alpha value is -2.43. The highest BCUT2D eigenvalue weighted by Gasteiger charge is 2.10. The second-order valence-electron chi connectivity index (χ2n) is 4.37. The minimum Gasteiger partial charge on any atom is -0.348 e. The third-order valence-corrected chi connectivity index (χ3v) is 2.66. The highest BCUT2D eigenvalue weighted by Crippen LogP contribution is 2.01. The zero-order valence-electron chi connectivity index (χ0n) is 10.6. The van der Waals surface area contributed by atoms with Gasteiger partial charge in [0.05, 0.1) is 0 Å². The minimum atomic E-state index is -0.285. The Morgan fingerprint density at radius 3 is 2.89 bits per heavy atom. The van der Waals surface area contributed by atoms with Crippen molar-refractivity contribution in [2.24, 2.45) is 0 Å². The molecule has 0 aliphatic carbocycles. The van der Waals surface area contributed by atoms with E-state index in [1.807, 2.05) is 19.1 Å². The molecule has 1 amide bonds. The lowest BCUT2D eigenvalue weighted by Crippen LogP contribution is -2.35. The summed E-state index contributed by atoms with van der Waals surface area (Å²) in [4.78, 5) is 29.6. The van der Waals surface area contributed by atoms with Crippen LogP contribution < -0.4 is 10.9 Å². The standard InChI is InChI=1S/C14H15N3O2/c1-10(8-11-4-3-7-15-9-11)16-14(19)12-5-2-6-13(18)17-12/h2-7,9-10H,8H2,1H3,(H,16,19)(H,17,18). The maximum atomic E-state index is 11.9. The van der Waals surface area contributed by atoms with Crippen LogP contribution in [0.5, 0.6) is 0 Å². The van der Waals surface area contributed by atoms with E-state index in [9.17, 15) is 9.59 Å². The highest BCUT2D eigenvalue weighted by atomic mass is 16.2. The second kappa shape index (κ2) is 5.95. The number of aromatic amines is 1. The van der Waals surface area contributed by atoms with Gasteiger partial charge in [0, 0.05) is 24.5 Å². The first kappa shape index (κ1) is 13.0. The van der Waals surface area contributed by atoms with Gasteiger partial charge in [0.1, 0.15) is 5.69 Å². The van der Waals surface area contributed by atoms with Gasteiger partial charge in [-0.1, -0.05) is 12.1 Å². The molecule has 1 unspecified atom stereocenters. The van der Waals surface area contributed by atoms with E-state index < -0.39 is 0 Å². The first-order valence-corrected chi connectivity index (χ1v) is 6.04. The molecule has 2 N–H and O–H groups in total. The topological polar surface area (TPSA) is 74.8 Å². The Labute approximate surface area is 110 Å². The summed E-state index contributed by atoms with van der Waals surface area (Å²) < 4.78 is 0. The minimum absolute atomic E-state index is 0.0413. The molecule has 2 heterocycles. The van der Waals surface area contributed by atoms with Crippen molar-refractivity contribution in [3.05, 3.63) is 64.3 Å². The molecule has 0 aliphatic heterocycles. The summed E-state index contributed by atoms with van der Waals surface area (Å²) in [5.41, 5.74) is 1.04. The maximum Gasteiger partial charge on any atom is 0.268 e. The van der Waals surface area contributed by atoms with Crippen molar-refractivity contribution in [3.8, 4) is 0 Å². The van der Waals surface area contributed by atoms with E-state index in [-0.39, 0.29) is 23.2 Å². The molecule has 0 saturated carbocycles. The van der Waals surface area contributed by atoms with Crippen molar-refractivity contribution in [1.29, 1.82) is 0 Å². The van der Waals surface area contributed by atoms with Gasteiger partial charge in [0.2, 0.25) is 5.56 Å². The molecule has 2 aromatic rings. The van der Waals surface area contributed by atoms with Crippen molar-refractivity contribution < 1.29 is 4.79 Å². The predicted octanol–water partition coefficient (Wildman–Crippen LogP) is 1.13. The first-order valence-electron chi connectivity index (χ1n) is 6.04. The molecule has 5 nitrogen and oxygen atoms in total. The summed E-state index contributed by atoms with van der Waals surface area (Å²) in [6.07, 6.45) is 4.17. The molecule has 0 spiro atoms. The lowest BCUT2D eigenvalue weighted by Gasteiger charge is -2.13. The van der Waals surface area contributed by atoms with Crippen LogP contribution in [0.15, 0.2) is 47.5 Å². The van der Waals surface area contributed by atoms with Gasteiger partial charge in [-0.15, -0.1) is 0 Å². The zero-order chi connectivity index (χ0) is 13.7. The Bertz CT molecular complexity index is 607. The van der Waals surface area contributed by atoms with Gasteiger partial charge in [0.15, 0.2) is 0 Å². The molecule has 2 aromatic heterocycles. The van der Waals surface area contributed by atoms with Crippen LogP contribution >= 0.6 is 0 Å². The van der Waals surface area contributed by atoms with Gasteiger partial charge in [0.25, 0.3) is 5.91 Å². The third kappa shape index (κ3) is 3.77. The molecule has 0 saturated heterocycles. The summed E-state index contributed by atoms with van der Waals surface area (Å²) >= 11 is 0. The van der Waals surface area contributed by atoms with Crippen LogP contribution in [0.25, 0.3) is 0 Å². The Kier molecular flexibility index (Phi) is 4.07. The van der Waals surface area contributed by atoms with Gasteiger partial charge < -0.3 is 10.3 Å². The van der Waals surface area contributed by atoms with Crippen molar-refractivity contribution in [2.75, 3.05) is 0 Å². The van der Waals surface area contributed by atoms with Gasteiger partial charge >= 0.3 is 0 Å². The van der Waals surface area contributed by atoms with Gasteiger partial charge in [-0.2, -0.15) is 0 Å². The first-order chi connectivity index (χ1) is 9.15. The van der Waals surface area contributed by atoms with Crippen LogP contribution in [0.3, 0.4) is 0 Å². The summed E-state index contributed by atoms with van der Waals surface area (Å²) in [5.74, 6) is -0.283. The molecule has 19 heavy (non-hydrogen) atoms. The number of pyridine rings is 2. The number of nitrogens with one attached hydrogen (secondary N) is 2. The average Bonchev–Trinajstić information content (AvgIpc) is 2.39. The molecule has 98 valence electrons. The molecular weight excluding hydrogens is 242 g/mol. The summed E-state index contributed by atoms with van der Waals surface area (Å²) in [6.45, 7) is 1.91. The van der Waals surface area contributed by atoms with Crippen LogP contribution in [0.2, 0.25) is 0 Å². The number of amides is 1. The maximum absolute atomic E-state index is 11.9. The van der Waals surface area contributed by atoms with E-state index in [1.54, 1.807) is 24.5 Å². The molecule has 0 aromatic carbocycles. The van der Waals surface area contributed by atoms with E-state index in [0.717, 1.165) is 5.56 Å². The van der Waals surface area contributed by atoms with Gasteiger partial charge in [-0.3, -0.25) is 14.6 Å². The Morgan fingerprint density at radius 1 is 1.37 bits per heavy atom. The average molecular weight is 257 g/mol. The summed E-state index contributed by atoms with van der Waals surface area (Å²) in [5, 5.41) is 2.84. The van der Waals surface area contributed by atoms with Gasteiger partial charge in [-0.25, -0.2) is 0 Å². The largest absolute Gasteiger partial charge is 0.348 e. The van der Waals surface area contributed by atoms with Crippen LogP contribution in [0, 0.1) is 0 Å². The second-order valence-corrected chi connectivity index (χ2v) is 4.37. The fourth-order valence-corrected chi connectivity index (χ4v) is 1.81. The van der Waals surface area contributed by atoms with E-state index >= 15 is 0 Å². The third-order valence-electron chi connectivity index (χ3n) is 2.66. The SMILES string of the molecule is CC(Cc1cccnc1)NC(=O)c1cccc(=O)[nH]1. The summed E-state index contributed by atoms with van der Waals surface area (Å²) in [6, 6.07) is 8.28. The fourth-order valence-electron chi connectivity index (χ4n) is 1.81. The summed E-state index contributed by atoms with van der Waals surface area (Å²) in [7, 11) is 0. The van der Waals surface area contributed by atoms with Gasteiger partial charge in [-0.05, 0) is 31.0 Å². The number of hydrogen-bond acceptors (Lipinski definition) is 3. The van der Waals surface area contributed by atoms with Crippen LogP contribution in [-0.2, 0) is 6.42 Å². The zero-order valence-corrected chi connectivity index (χ0v) is 10.6. The molecule has 0 radical (unpaired) electrons. The van der Waals surface area contributed by atoms with Crippen LogP contribution in [-0.4, -0.2) is 21.9 Å². The molecule has 0 fully saturated rings. The number of aromatic nitrogens is 2. The molecular formula is C14H15N3O2. The molecule has 1 atom stereocenters. The molecule has 2 rings (SSSR count). The monoisotopic (exact) mass is 257 g/mol. The van der Waals surface area contributed by atoms with Crippen molar-refractivity contribution in [3.63, 3.8) is 0 Å². The number of carbonyl (C=O) groups is 1. The van der Waals surface area contributed by atoms with E-state index in [2.05, 4.69) is 15.3 Å². The van der Waals surface area contributed by atoms with Crippen LogP contribution in [0.4, 0.5) is 0 Å². The Balaban J connectivity index is 1.97. The quantitative estimate of drug-likeness (QED) is 0.862. The predicted molar refractivity (Wildman–Crippen MR) is 71.9 cm³/mol. The van der Waals surface area contributed by atoms with Crippen molar-refractivity contribution in [2.45, 2.75) is 19.4 Å². The van der Waals surface area contributed by atoms with Crippen LogP contribution in [0.1, 0.15) is 23.0 Å². The van der Waals surface area contributed by atoms with Crippen molar-refractivity contribution in [1.82, 2.24) is 15.3 Å². The lowest BCUT2D eigenvalue weighted by atomic mass is 10.1. The lowest BCUT2D eigenvalue weighted by molar-refractivity contribution is 0.0935. The normalized spacial score (nSPS) is 11.8. The number of nitrogens with zero attached hydrogens (tertiary/aromatic N) is 1. The number of hydrogen-bond donors (Lipinski definition) is 2.